The Bertz CT molecular complexity index is 1550. The smallest absolute Gasteiger partial charge is 0.251 e. The molecule has 0 fully saturated rings. The Kier molecular flexibility index (Phi) is 8.68. The quantitative estimate of drug-likeness (QED) is 0.211. The monoisotopic (exact) mass is 534 g/mol. The zero-order valence-corrected chi connectivity index (χ0v) is 21.3. The number of hydrogen-bond donors (Lipinski definition) is 3. The highest BCUT2D eigenvalue weighted by atomic mass is 32.2. The summed E-state index contributed by atoms with van der Waals surface area (Å²) in [6.45, 7) is 1.29. The number of nitrogens with one attached hydrogen (secondary N) is 2. The van der Waals surface area contributed by atoms with Crippen molar-refractivity contribution >= 4 is 15.7 Å². The number of rotatable bonds is 10. The van der Waals surface area contributed by atoms with Gasteiger partial charge in [0.25, 0.3) is 5.91 Å². The minimum atomic E-state index is -3.86. The predicted octanol–water partition coefficient (Wildman–Crippen LogP) is 2.44. The van der Waals surface area contributed by atoms with Gasteiger partial charge in [0.05, 0.1) is 29.1 Å². The number of hydrogen-bond acceptors (Lipinski definition) is 6. The summed E-state index contributed by atoms with van der Waals surface area (Å²) in [5.74, 6) is 4.64. The third-order valence-electron chi connectivity index (χ3n) is 5.64. The molecular formula is C27H27FN6O3S. The Hall–Kier alpha value is -4.27. The molecule has 2 aromatic carbocycles. The van der Waals surface area contributed by atoms with E-state index < -0.39 is 15.7 Å². The molecule has 11 heteroatoms. The highest BCUT2D eigenvalue weighted by Crippen LogP contribution is 2.22. The maximum absolute atomic E-state index is 13.4. The standard InChI is InChI=1S/C27H27FN6O3S/c28-24-8-4-20(5-9-24)3-6-22-16-23(27(35)30-13-1-2-21-17-31-32-18-21)7-10-26(22)38(36,37)19-25-11-14-34(33-25)15-12-29/h4-5,7-11,14,16-18H,1-2,12-13,15,19,29H2,(H,30,35)(H,31,32). The van der Waals surface area contributed by atoms with E-state index in [-0.39, 0.29) is 27.7 Å². The molecule has 4 rings (SSSR count). The molecule has 4 aromatic rings. The number of sulfone groups is 1. The number of nitrogens with zero attached hydrogens (tertiary/aromatic N) is 3. The van der Waals surface area contributed by atoms with E-state index in [9.17, 15) is 17.6 Å². The molecule has 0 aliphatic rings. The number of nitrogens with two attached hydrogens (primary N) is 1. The van der Waals surface area contributed by atoms with E-state index in [0.717, 1.165) is 12.0 Å². The van der Waals surface area contributed by atoms with Crippen molar-refractivity contribution in [3.05, 3.63) is 101 Å². The largest absolute Gasteiger partial charge is 0.352 e. The molecule has 38 heavy (non-hydrogen) atoms. The summed E-state index contributed by atoms with van der Waals surface area (Å²) in [5.41, 5.74) is 7.91. The predicted molar refractivity (Wildman–Crippen MR) is 140 cm³/mol. The lowest BCUT2D eigenvalue weighted by Gasteiger charge is -2.09. The highest BCUT2D eigenvalue weighted by molar-refractivity contribution is 7.90. The Balaban J connectivity index is 1.57. The van der Waals surface area contributed by atoms with Gasteiger partial charge in [-0.15, -0.1) is 0 Å². The van der Waals surface area contributed by atoms with Crippen molar-refractivity contribution in [2.24, 2.45) is 5.73 Å². The lowest BCUT2D eigenvalue weighted by Crippen LogP contribution is -2.25. The van der Waals surface area contributed by atoms with E-state index in [2.05, 4.69) is 32.5 Å². The number of carbonyl (C=O) groups excluding carboxylic acids is 1. The number of carbonyl (C=O) groups is 1. The molecule has 0 bridgehead atoms. The lowest BCUT2D eigenvalue weighted by molar-refractivity contribution is 0.0953. The average Bonchev–Trinajstić information content (AvgIpc) is 3.58. The van der Waals surface area contributed by atoms with Gasteiger partial charge < -0.3 is 11.1 Å². The van der Waals surface area contributed by atoms with Gasteiger partial charge in [-0.05, 0) is 66.9 Å². The second-order valence-corrected chi connectivity index (χ2v) is 10.5. The first-order valence-corrected chi connectivity index (χ1v) is 13.6. The van der Waals surface area contributed by atoms with Gasteiger partial charge in [0, 0.05) is 42.2 Å². The molecule has 0 saturated carbocycles. The van der Waals surface area contributed by atoms with Crippen molar-refractivity contribution in [1.82, 2.24) is 25.3 Å². The van der Waals surface area contributed by atoms with Gasteiger partial charge in [-0.25, -0.2) is 12.8 Å². The van der Waals surface area contributed by atoms with Crippen molar-refractivity contribution in [1.29, 1.82) is 0 Å². The maximum Gasteiger partial charge on any atom is 0.251 e. The van der Waals surface area contributed by atoms with Crippen molar-refractivity contribution in [2.45, 2.75) is 30.0 Å². The number of halogens is 1. The normalized spacial score (nSPS) is 11.1. The van der Waals surface area contributed by atoms with Gasteiger partial charge >= 0.3 is 0 Å². The fourth-order valence-corrected chi connectivity index (χ4v) is 5.15. The Morgan fingerprint density at radius 2 is 1.95 bits per heavy atom. The van der Waals surface area contributed by atoms with Crippen LogP contribution in [-0.2, 0) is 28.6 Å². The minimum Gasteiger partial charge on any atom is -0.352 e. The number of aromatic nitrogens is 4. The van der Waals surface area contributed by atoms with Crippen molar-refractivity contribution in [2.75, 3.05) is 13.1 Å². The number of amides is 1. The zero-order valence-electron chi connectivity index (χ0n) is 20.5. The van der Waals surface area contributed by atoms with Crippen LogP contribution in [0.4, 0.5) is 4.39 Å². The summed E-state index contributed by atoms with van der Waals surface area (Å²) in [6, 6.07) is 11.5. The van der Waals surface area contributed by atoms with Crippen LogP contribution in [-0.4, -0.2) is 47.4 Å². The van der Waals surface area contributed by atoms with Gasteiger partial charge in [-0.3, -0.25) is 14.6 Å². The van der Waals surface area contributed by atoms with Crippen molar-refractivity contribution in [3.8, 4) is 11.8 Å². The van der Waals surface area contributed by atoms with Gasteiger partial charge in [0.1, 0.15) is 5.82 Å². The summed E-state index contributed by atoms with van der Waals surface area (Å²) in [6.07, 6.45) is 6.67. The number of aromatic amines is 1. The summed E-state index contributed by atoms with van der Waals surface area (Å²) in [7, 11) is -3.86. The first-order valence-electron chi connectivity index (χ1n) is 12.0. The number of aryl methyl sites for hydroxylation is 1. The topological polar surface area (TPSA) is 136 Å². The van der Waals surface area contributed by atoms with E-state index in [0.29, 0.717) is 37.3 Å². The first kappa shape index (κ1) is 26.8. The van der Waals surface area contributed by atoms with E-state index >= 15 is 0 Å². The van der Waals surface area contributed by atoms with Crippen LogP contribution in [0.3, 0.4) is 0 Å². The Morgan fingerprint density at radius 1 is 1.13 bits per heavy atom. The van der Waals surface area contributed by atoms with Crippen LogP contribution in [0.1, 0.15) is 39.2 Å². The maximum atomic E-state index is 13.4. The van der Waals surface area contributed by atoms with Crippen LogP contribution in [0.25, 0.3) is 0 Å². The van der Waals surface area contributed by atoms with Gasteiger partial charge in [0.2, 0.25) is 0 Å². The summed E-state index contributed by atoms with van der Waals surface area (Å²) >= 11 is 0. The van der Waals surface area contributed by atoms with Crippen LogP contribution < -0.4 is 11.1 Å². The molecule has 196 valence electrons. The number of benzene rings is 2. The molecule has 0 spiro atoms. The Labute approximate surface area is 220 Å². The SMILES string of the molecule is NCCn1ccc(CS(=O)(=O)c2ccc(C(=O)NCCCc3cn[nH]c3)cc2C#Cc2ccc(F)cc2)n1. The third-order valence-corrected chi connectivity index (χ3v) is 7.34. The van der Waals surface area contributed by atoms with Gasteiger partial charge in [-0.2, -0.15) is 10.2 Å². The fourth-order valence-electron chi connectivity index (χ4n) is 3.73. The Morgan fingerprint density at radius 3 is 2.68 bits per heavy atom. The average molecular weight is 535 g/mol. The molecular weight excluding hydrogens is 507 g/mol. The molecule has 2 heterocycles. The van der Waals surface area contributed by atoms with E-state index in [4.69, 9.17) is 5.73 Å². The molecule has 2 aromatic heterocycles. The van der Waals surface area contributed by atoms with Crippen LogP contribution >= 0.6 is 0 Å². The van der Waals surface area contributed by atoms with E-state index in [1.54, 1.807) is 29.3 Å². The first-order chi connectivity index (χ1) is 18.3. The molecule has 0 radical (unpaired) electrons. The molecule has 1 amide bonds. The van der Waals surface area contributed by atoms with E-state index in [1.165, 1.54) is 42.5 Å². The van der Waals surface area contributed by atoms with Crippen LogP contribution in [0, 0.1) is 17.7 Å². The van der Waals surface area contributed by atoms with Crippen molar-refractivity contribution in [3.63, 3.8) is 0 Å². The molecule has 0 aliphatic heterocycles. The molecule has 0 atom stereocenters. The second kappa shape index (κ2) is 12.3. The highest BCUT2D eigenvalue weighted by Gasteiger charge is 2.22. The number of H-pyrrole nitrogens is 1. The minimum absolute atomic E-state index is 0.0167. The lowest BCUT2D eigenvalue weighted by atomic mass is 10.1. The summed E-state index contributed by atoms with van der Waals surface area (Å²) in [4.78, 5) is 12.8. The fraction of sp³-hybridized carbons (Fsp3) is 0.222. The molecule has 0 aliphatic carbocycles. The van der Waals surface area contributed by atoms with Gasteiger partial charge in [0.15, 0.2) is 9.84 Å². The zero-order chi connectivity index (χ0) is 27.0. The van der Waals surface area contributed by atoms with Crippen LogP contribution in [0.2, 0.25) is 0 Å². The van der Waals surface area contributed by atoms with Crippen LogP contribution in [0.15, 0.2) is 72.0 Å². The van der Waals surface area contributed by atoms with E-state index in [1.807, 2.05) is 0 Å². The summed E-state index contributed by atoms with van der Waals surface area (Å²) in [5, 5.41) is 13.8. The molecule has 0 unspecified atom stereocenters. The van der Waals surface area contributed by atoms with Gasteiger partial charge in [-0.1, -0.05) is 11.8 Å². The molecule has 9 nitrogen and oxygen atoms in total. The van der Waals surface area contributed by atoms with Crippen LogP contribution in [0.5, 0.6) is 0 Å². The third kappa shape index (κ3) is 7.15. The summed E-state index contributed by atoms with van der Waals surface area (Å²) < 4.78 is 41.6. The second-order valence-electron chi connectivity index (χ2n) is 8.55. The molecule has 0 saturated heterocycles. The molecule has 4 N–H and O–H groups in total. The van der Waals surface area contributed by atoms with Crippen molar-refractivity contribution < 1.29 is 17.6 Å².